The molecule has 1 atom stereocenters. The highest BCUT2D eigenvalue weighted by atomic mass is 19.1. The monoisotopic (exact) mass is 377 g/mol. The number of nitrogens with zero attached hydrogens (tertiary/aromatic N) is 5. The fourth-order valence-corrected chi connectivity index (χ4v) is 3.68. The summed E-state index contributed by atoms with van der Waals surface area (Å²) in [7, 11) is 0. The van der Waals surface area contributed by atoms with Crippen molar-refractivity contribution >= 4 is 11.6 Å². The molecule has 140 valence electrons. The van der Waals surface area contributed by atoms with Gasteiger partial charge in [-0.05, 0) is 37.1 Å². The van der Waals surface area contributed by atoms with Gasteiger partial charge in [-0.15, -0.1) is 10.2 Å². The minimum absolute atomic E-state index is 0.152. The van der Waals surface area contributed by atoms with Gasteiger partial charge in [-0.1, -0.05) is 23.4 Å². The summed E-state index contributed by atoms with van der Waals surface area (Å²) in [5.41, 5.74) is 1.16. The molecule has 0 N–H and O–H groups in total. The lowest BCUT2D eigenvalue weighted by atomic mass is 10.1. The molecule has 1 fully saturated rings. The molecule has 1 aliphatic rings. The topological polar surface area (TPSA) is 76.5 Å². The molecule has 1 aromatic carbocycles. The fourth-order valence-electron chi connectivity index (χ4n) is 3.68. The van der Waals surface area contributed by atoms with Crippen LogP contribution in [-0.2, 0) is 0 Å². The summed E-state index contributed by atoms with van der Waals surface area (Å²) >= 11 is 0. The summed E-state index contributed by atoms with van der Waals surface area (Å²) in [6.07, 6.45) is 3.54. The van der Waals surface area contributed by atoms with Crippen molar-refractivity contribution in [2.45, 2.75) is 18.9 Å². The van der Waals surface area contributed by atoms with Crippen LogP contribution in [0.5, 0.6) is 0 Å². The van der Waals surface area contributed by atoms with Gasteiger partial charge >= 0.3 is 0 Å². The number of likely N-dealkylation sites (tertiary alicyclic amines) is 1. The molecule has 3 aromatic heterocycles. The first-order chi connectivity index (χ1) is 13.7. The third-order valence-electron chi connectivity index (χ3n) is 5.02. The van der Waals surface area contributed by atoms with Gasteiger partial charge in [0, 0.05) is 18.8 Å². The average molecular weight is 377 g/mol. The minimum atomic E-state index is -0.424. The third-order valence-corrected chi connectivity index (χ3v) is 5.02. The average Bonchev–Trinajstić information content (AvgIpc) is 3.46. The lowest BCUT2D eigenvalue weighted by Gasteiger charge is -2.22. The van der Waals surface area contributed by atoms with Gasteiger partial charge in [-0.3, -0.25) is 9.20 Å². The van der Waals surface area contributed by atoms with Crippen LogP contribution in [-0.4, -0.2) is 37.1 Å². The van der Waals surface area contributed by atoms with Gasteiger partial charge in [0.2, 0.25) is 0 Å². The number of hydrogen-bond donors (Lipinski definition) is 0. The van der Waals surface area contributed by atoms with Crippen LogP contribution in [0, 0.1) is 5.82 Å². The highest BCUT2D eigenvalue weighted by Crippen LogP contribution is 2.33. The van der Waals surface area contributed by atoms with Crippen LogP contribution in [0.3, 0.4) is 0 Å². The second kappa shape index (κ2) is 6.56. The van der Waals surface area contributed by atoms with E-state index in [2.05, 4.69) is 15.4 Å². The molecule has 7 nitrogen and oxygen atoms in total. The number of amides is 1. The van der Waals surface area contributed by atoms with Crippen molar-refractivity contribution < 1.29 is 13.7 Å². The number of aromatic nitrogens is 4. The van der Waals surface area contributed by atoms with Crippen LogP contribution < -0.4 is 0 Å². The molecule has 1 saturated heterocycles. The van der Waals surface area contributed by atoms with Crippen molar-refractivity contribution in [3.8, 4) is 11.3 Å². The Balaban J connectivity index is 1.46. The van der Waals surface area contributed by atoms with Crippen molar-refractivity contribution in [1.29, 1.82) is 0 Å². The normalized spacial score (nSPS) is 16.8. The van der Waals surface area contributed by atoms with E-state index in [1.807, 2.05) is 28.8 Å². The maximum atomic E-state index is 14.0. The lowest BCUT2D eigenvalue weighted by Crippen LogP contribution is -2.31. The van der Waals surface area contributed by atoms with Crippen LogP contribution in [0.25, 0.3) is 17.0 Å². The molecule has 1 aliphatic heterocycles. The first kappa shape index (κ1) is 16.6. The Labute approximate surface area is 159 Å². The standard InChI is InChI=1S/C20H16FN5O2/c21-14-7-2-1-6-13(14)17-12-15(24-28-17)20(27)25-11-5-8-16(25)19-23-22-18-9-3-4-10-26(18)19/h1-4,6-7,9-10,12,16H,5,8,11H2. The second-order valence-corrected chi connectivity index (χ2v) is 6.70. The molecular formula is C20H16FN5O2. The van der Waals surface area contributed by atoms with E-state index in [1.54, 1.807) is 23.1 Å². The van der Waals surface area contributed by atoms with Gasteiger partial charge in [0.1, 0.15) is 5.82 Å². The van der Waals surface area contributed by atoms with E-state index in [1.165, 1.54) is 12.1 Å². The molecule has 0 bridgehead atoms. The number of carbonyl (C=O) groups is 1. The van der Waals surface area contributed by atoms with E-state index in [4.69, 9.17) is 4.52 Å². The van der Waals surface area contributed by atoms with Crippen LogP contribution in [0.15, 0.2) is 59.3 Å². The molecule has 0 aliphatic carbocycles. The Hall–Kier alpha value is -3.55. The van der Waals surface area contributed by atoms with Crippen molar-refractivity contribution in [3.05, 3.63) is 72.1 Å². The van der Waals surface area contributed by atoms with Crippen molar-refractivity contribution in [2.24, 2.45) is 0 Å². The molecule has 8 heteroatoms. The van der Waals surface area contributed by atoms with E-state index < -0.39 is 5.82 Å². The van der Waals surface area contributed by atoms with Gasteiger partial charge in [0.15, 0.2) is 22.9 Å². The Bertz CT molecular complexity index is 1170. The Morgan fingerprint density at radius 1 is 1.14 bits per heavy atom. The predicted octanol–water partition coefficient (Wildman–Crippen LogP) is 3.50. The SMILES string of the molecule is O=C(c1cc(-c2ccccc2F)on1)N1CCCC1c1nnc2ccccn12. The third kappa shape index (κ3) is 2.65. The molecular weight excluding hydrogens is 361 g/mol. The Morgan fingerprint density at radius 3 is 2.89 bits per heavy atom. The fraction of sp³-hybridized carbons (Fsp3) is 0.200. The molecule has 1 unspecified atom stereocenters. The molecule has 28 heavy (non-hydrogen) atoms. The van der Waals surface area contributed by atoms with Crippen LogP contribution >= 0.6 is 0 Å². The molecule has 0 saturated carbocycles. The summed E-state index contributed by atoms with van der Waals surface area (Å²) in [6.45, 7) is 0.590. The number of benzene rings is 1. The summed E-state index contributed by atoms with van der Waals surface area (Å²) in [5, 5.41) is 12.4. The van der Waals surface area contributed by atoms with Gasteiger partial charge in [0.25, 0.3) is 5.91 Å². The van der Waals surface area contributed by atoms with Crippen LogP contribution in [0.1, 0.15) is 35.2 Å². The first-order valence-electron chi connectivity index (χ1n) is 9.04. The lowest BCUT2D eigenvalue weighted by molar-refractivity contribution is 0.0718. The summed E-state index contributed by atoms with van der Waals surface area (Å²) in [6, 6.07) is 13.2. The van der Waals surface area contributed by atoms with Crippen molar-refractivity contribution in [2.75, 3.05) is 6.54 Å². The summed E-state index contributed by atoms with van der Waals surface area (Å²) in [5.74, 6) is 0.262. The van der Waals surface area contributed by atoms with Gasteiger partial charge in [-0.2, -0.15) is 0 Å². The quantitative estimate of drug-likeness (QED) is 0.546. The smallest absolute Gasteiger partial charge is 0.276 e. The van der Waals surface area contributed by atoms with E-state index in [-0.39, 0.29) is 29.0 Å². The number of hydrogen-bond acceptors (Lipinski definition) is 5. The molecule has 0 spiro atoms. The summed E-state index contributed by atoms with van der Waals surface area (Å²) in [4.78, 5) is 14.8. The zero-order valence-corrected chi connectivity index (χ0v) is 14.8. The predicted molar refractivity (Wildman–Crippen MR) is 97.9 cm³/mol. The highest BCUT2D eigenvalue weighted by Gasteiger charge is 2.35. The Kier molecular flexibility index (Phi) is 3.89. The zero-order valence-electron chi connectivity index (χ0n) is 14.8. The van der Waals surface area contributed by atoms with Crippen molar-refractivity contribution in [1.82, 2.24) is 24.7 Å². The van der Waals surface area contributed by atoms with Gasteiger partial charge in [-0.25, -0.2) is 4.39 Å². The molecule has 4 heterocycles. The van der Waals surface area contributed by atoms with E-state index >= 15 is 0 Å². The van der Waals surface area contributed by atoms with Crippen LogP contribution in [0.4, 0.5) is 4.39 Å². The van der Waals surface area contributed by atoms with Crippen molar-refractivity contribution in [3.63, 3.8) is 0 Å². The van der Waals surface area contributed by atoms with E-state index in [9.17, 15) is 9.18 Å². The maximum Gasteiger partial charge on any atom is 0.276 e. The zero-order chi connectivity index (χ0) is 19.1. The first-order valence-corrected chi connectivity index (χ1v) is 9.04. The van der Waals surface area contributed by atoms with Crippen LogP contribution in [0.2, 0.25) is 0 Å². The minimum Gasteiger partial charge on any atom is -0.355 e. The number of pyridine rings is 1. The molecule has 4 aromatic rings. The number of rotatable bonds is 3. The second-order valence-electron chi connectivity index (χ2n) is 6.70. The highest BCUT2D eigenvalue weighted by molar-refractivity contribution is 5.93. The molecule has 5 rings (SSSR count). The Morgan fingerprint density at radius 2 is 2.00 bits per heavy atom. The largest absolute Gasteiger partial charge is 0.355 e. The van der Waals surface area contributed by atoms with Gasteiger partial charge < -0.3 is 9.42 Å². The maximum absolute atomic E-state index is 14.0. The number of fused-ring (bicyclic) bond motifs is 1. The molecule has 1 amide bonds. The van der Waals surface area contributed by atoms with Gasteiger partial charge in [0.05, 0.1) is 11.6 Å². The number of carbonyl (C=O) groups excluding carboxylic acids is 1. The molecule has 0 radical (unpaired) electrons. The van der Waals surface area contributed by atoms with E-state index in [0.717, 1.165) is 24.3 Å². The van der Waals surface area contributed by atoms with E-state index in [0.29, 0.717) is 6.54 Å². The number of halogens is 1. The summed E-state index contributed by atoms with van der Waals surface area (Å²) < 4.78 is 21.1.